The molecule has 0 aliphatic heterocycles. The van der Waals surface area contributed by atoms with Gasteiger partial charge in [0.25, 0.3) is 5.69 Å². The van der Waals surface area contributed by atoms with Crippen molar-refractivity contribution in [1.29, 1.82) is 0 Å². The van der Waals surface area contributed by atoms with Crippen molar-refractivity contribution in [2.45, 2.75) is 0 Å². The van der Waals surface area contributed by atoms with Crippen LogP contribution in [0.15, 0.2) is 30.3 Å². The second-order valence-corrected chi connectivity index (χ2v) is 5.24. The van der Waals surface area contributed by atoms with Gasteiger partial charge in [-0.15, -0.1) is 0 Å². The molecule has 0 radical (unpaired) electrons. The largest absolute Gasteiger partial charge is 0.278 e. The molecule has 2 rings (SSSR count). The zero-order chi connectivity index (χ0) is 14.2. The summed E-state index contributed by atoms with van der Waals surface area (Å²) >= 11 is 23.6. The molecule has 0 saturated carbocycles. The van der Waals surface area contributed by atoms with E-state index in [2.05, 4.69) is 0 Å². The van der Waals surface area contributed by atoms with E-state index in [4.69, 9.17) is 46.4 Å². The summed E-state index contributed by atoms with van der Waals surface area (Å²) in [6, 6.07) is 7.43. The molecule has 0 unspecified atom stereocenters. The van der Waals surface area contributed by atoms with Gasteiger partial charge in [0.1, 0.15) is 0 Å². The van der Waals surface area contributed by atoms with Crippen molar-refractivity contribution in [2.75, 3.05) is 0 Å². The van der Waals surface area contributed by atoms with Crippen LogP contribution in [0.2, 0.25) is 20.1 Å². The fraction of sp³-hybridized carbons (Fsp3) is 0. The normalized spacial score (nSPS) is 10.5. The number of nitro groups is 1. The number of nitrogens with zero attached hydrogens (tertiary/aromatic N) is 1. The lowest BCUT2D eigenvalue weighted by molar-refractivity contribution is -0.384. The third kappa shape index (κ3) is 2.79. The van der Waals surface area contributed by atoms with Gasteiger partial charge in [0.15, 0.2) is 0 Å². The summed E-state index contributed by atoms with van der Waals surface area (Å²) in [6.07, 6.45) is 0. The Hall–Kier alpha value is -1.000. The second-order valence-electron chi connectivity index (χ2n) is 3.64. The Morgan fingerprint density at radius 2 is 1.53 bits per heavy atom. The average Bonchev–Trinajstić information content (AvgIpc) is 2.37. The zero-order valence-electron chi connectivity index (χ0n) is 9.16. The molecule has 0 aliphatic rings. The van der Waals surface area contributed by atoms with E-state index in [-0.39, 0.29) is 25.8 Å². The lowest BCUT2D eigenvalue weighted by Crippen LogP contribution is -1.93. The highest BCUT2D eigenvalue weighted by molar-refractivity contribution is 6.49. The molecule has 0 spiro atoms. The maximum Gasteiger partial charge on any atom is 0.278 e. The van der Waals surface area contributed by atoms with E-state index >= 15 is 0 Å². The summed E-state index contributed by atoms with van der Waals surface area (Å²) in [5, 5.41) is 11.9. The van der Waals surface area contributed by atoms with E-state index in [0.29, 0.717) is 11.1 Å². The van der Waals surface area contributed by atoms with Crippen molar-refractivity contribution in [2.24, 2.45) is 0 Å². The lowest BCUT2D eigenvalue weighted by Gasteiger charge is -2.08. The Morgan fingerprint density at radius 3 is 2.16 bits per heavy atom. The van der Waals surface area contributed by atoms with Gasteiger partial charge in [0.2, 0.25) is 0 Å². The fourth-order valence-electron chi connectivity index (χ4n) is 1.62. The van der Waals surface area contributed by atoms with Crippen LogP contribution in [0.1, 0.15) is 0 Å². The number of halogens is 4. The monoisotopic (exact) mass is 335 g/mol. The minimum Gasteiger partial charge on any atom is -0.258 e. The van der Waals surface area contributed by atoms with Crippen molar-refractivity contribution in [3.63, 3.8) is 0 Å². The van der Waals surface area contributed by atoms with Crippen LogP contribution >= 0.6 is 46.4 Å². The van der Waals surface area contributed by atoms with E-state index in [1.165, 1.54) is 18.2 Å². The van der Waals surface area contributed by atoms with Crippen LogP contribution < -0.4 is 0 Å². The molecule has 7 heteroatoms. The molecule has 0 heterocycles. The molecule has 98 valence electrons. The number of rotatable bonds is 2. The van der Waals surface area contributed by atoms with Crippen LogP contribution in [-0.2, 0) is 0 Å². The predicted octanol–water partition coefficient (Wildman–Crippen LogP) is 5.88. The molecule has 0 saturated heterocycles. The Morgan fingerprint density at radius 1 is 0.895 bits per heavy atom. The van der Waals surface area contributed by atoms with E-state index in [9.17, 15) is 10.1 Å². The van der Waals surface area contributed by atoms with Crippen LogP contribution in [0.5, 0.6) is 0 Å². The second kappa shape index (κ2) is 5.55. The Kier molecular flexibility index (Phi) is 4.21. The van der Waals surface area contributed by atoms with Crippen molar-refractivity contribution in [3.05, 3.63) is 60.5 Å². The first-order valence-corrected chi connectivity index (χ1v) is 6.51. The molecule has 0 atom stereocenters. The minimum atomic E-state index is -0.528. The van der Waals surface area contributed by atoms with Gasteiger partial charge in [-0.2, -0.15) is 0 Å². The van der Waals surface area contributed by atoms with Gasteiger partial charge < -0.3 is 0 Å². The van der Waals surface area contributed by atoms with Crippen LogP contribution in [-0.4, -0.2) is 4.92 Å². The van der Waals surface area contributed by atoms with Crippen LogP contribution in [0.4, 0.5) is 5.69 Å². The quantitative estimate of drug-likeness (QED) is 0.390. The highest BCUT2D eigenvalue weighted by Crippen LogP contribution is 2.41. The molecular weight excluding hydrogens is 332 g/mol. The standard InChI is InChI=1S/C12H5Cl4NO2/c13-6-1-2-7(10(5-6)17(18)19)8-3-4-9(14)12(16)11(8)15/h1-5H. The Balaban J connectivity index is 2.72. The number of hydrogen-bond donors (Lipinski definition) is 0. The van der Waals surface area contributed by atoms with Gasteiger partial charge in [-0.05, 0) is 18.2 Å². The van der Waals surface area contributed by atoms with Gasteiger partial charge in [-0.3, -0.25) is 10.1 Å². The third-order valence-corrected chi connectivity index (χ3v) is 4.01. The summed E-state index contributed by atoms with van der Waals surface area (Å²) in [7, 11) is 0. The first-order chi connectivity index (χ1) is 8.91. The fourth-order valence-corrected chi connectivity index (χ4v) is 2.42. The highest BCUT2D eigenvalue weighted by Gasteiger charge is 2.19. The summed E-state index contributed by atoms with van der Waals surface area (Å²) in [5.41, 5.74) is 0.616. The van der Waals surface area contributed by atoms with Gasteiger partial charge in [-0.1, -0.05) is 52.5 Å². The highest BCUT2D eigenvalue weighted by atomic mass is 35.5. The van der Waals surface area contributed by atoms with Crippen LogP contribution in [0.25, 0.3) is 11.1 Å². The molecule has 2 aromatic carbocycles. The first-order valence-electron chi connectivity index (χ1n) is 4.99. The molecule has 0 aromatic heterocycles. The number of hydrogen-bond acceptors (Lipinski definition) is 2. The van der Waals surface area contributed by atoms with Gasteiger partial charge in [0.05, 0.1) is 25.6 Å². The molecular formula is C12H5Cl4NO2. The maximum absolute atomic E-state index is 11.1. The van der Waals surface area contributed by atoms with Crippen molar-refractivity contribution < 1.29 is 4.92 Å². The number of benzene rings is 2. The summed E-state index contributed by atoms with van der Waals surface area (Å²) in [5.74, 6) is 0. The van der Waals surface area contributed by atoms with E-state index < -0.39 is 4.92 Å². The van der Waals surface area contributed by atoms with Crippen molar-refractivity contribution in [3.8, 4) is 11.1 Å². The third-order valence-electron chi connectivity index (χ3n) is 2.48. The molecule has 0 N–H and O–H groups in total. The van der Waals surface area contributed by atoms with Gasteiger partial charge >= 0.3 is 0 Å². The first kappa shape index (κ1) is 14.4. The van der Waals surface area contributed by atoms with E-state index in [1.54, 1.807) is 12.1 Å². The van der Waals surface area contributed by atoms with Crippen molar-refractivity contribution in [1.82, 2.24) is 0 Å². The molecule has 3 nitrogen and oxygen atoms in total. The molecule has 0 amide bonds. The maximum atomic E-state index is 11.1. The number of nitro benzene ring substituents is 1. The smallest absolute Gasteiger partial charge is 0.258 e. The molecule has 0 bridgehead atoms. The van der Waals surface area contributed by atoms with E-state index in [1.807, 2.05) is 0 Å². The van der Waals surface area contributed by atoms with Crippen LogP contribution in [0.3, 0.4) is 0 Å². The van der Waals surface area contributed by atoms with Gasteiger partial charge in [0, 0.05) is 16.7 Å². The van der Waals surface area contributed by atoms with Crippen molar-refractivity contribution >= 4 is 52.1 Å². The molecule has 19 heavy (non-hydrogen) atoms. The van der Waals surface area contributed by atoms with Gasteiger partial charge in [-0.25, -0.2) is 0 Å². The molecule has 0 fully saturated rings. The van der Waals surface area contributed by atoms with Crippen LogP contribution in [0, 0.1) is 10.1 Å². The summed E-state index contributed by atoms with van der Waals surface area (Å²) < 4.78 is 0. The SMILES string of the molecule is O=[N+]([O-])c1cc(Cl)ccc1-c1ccc(Cl)c(Cl)c1Cl. The lowest BCUT2D eigenvalue weighted by atomic mass is 10.0. The molecule has 0 aliphatic carbocycles. The van der Waals surface area contributed by atoms with E-state index in [0.717, 1.165) is 0 Å². The molecule has 2 aromatic rings. The summed E-state index contributed by atoms with van der Waals surface area (Å²) in [6.45, 7) is 0. The zero-order valence-corrected chi connectivity index (χ0v) is 12.2. The Labute approximate surface area is 128 Å². The summed E-state index contributed by atoms with van der Waals surface area (Å²) in [4.78, 5) is 10.5. The average molecular weight is 337 g/mol. The minimum absolute atomic E-state index is 0.146. The predicted molar refractivity (Wildman–Crippen MR) is 78.6 cm³/mol. The Bertz CT molecular complexity index is 673. The topological polar surface area (TPSA) is 43.1 Å².